The van der Waals surface area contributed by atoms with Gasteiger partial charge < -0.3 is 29.0 Å². The van der Waals surface area contributed by atoms with E-state index >= 15 is 0 Å². The van der Waals surface area contributed by atoms with Crippen LogP contribution in [0, 0.1) is 35.0 Å². The van der Waals surface area contributed by atoms with Crippen LogP contribution in [-0.2, 0) is 32.2 Å². The average molecular weight is 682 g/mol. The van der Waals surface area contributed by atoms with Gasteiger partial charge in [-0.3, -0.25) is 0 Å². The van der Waals surface area contributed by atoms with E-state index in [1.165, 1.54) is 11.1 Å². The van der Waals surface area contributed by atoms with Crippen LogP contribution in [0.4, 0.5) is 4.79 Å². The minimum atomic E-state index is -1.22. The largest absolute Gasteiger partial charge is 0.445 e. The van der Waals surface area contributed by atoms with Crippen LogP contribution in [0.1, 0.15) is 90.2 Å². The summed E-state index contributed by atoms with van der Waals surface area (Å²) in [4.78, 5) is 15.7. The van der Waals surface area contributed by atoms with Gasteiger partial charge in [-0.1, -0.05) is 98.7 Å². The molecule has 4 aliphatic carbocycles. The smallest absolute Gasteiger partial charge is 0.410 e. The molecule has 2 heterocycles. The van der Waals surface area contributed by atoms with Gasteiger partial charge in [-0.15, -0.1) is 0 Å². The number of carbonyl (C=O) groups excluding carboxylic acids is 1. The molecule has 1 spiro atoms. The van der Waals surface area contributed by atoms with Gasteiger partial charge in [0.25, 0.3) is 6.48 Å². The summed E-state index contributed by atoms with van der Waals surface area (Å²) in [5.41, 5.74) is 6.45. The fourth-order valence-corrected chi connectivity index (χ4v) is 11.4. The predicted octanol–water partition coefficient (Wildman–Crippen LogP) is 8.57. The first-order chi connectivity index (χ1) is 24.2. The van der Waals surface area contributed by atoms with Gasteiger partial charge in [0.2, 0.25) is 0 Å². The second-order valence-electron chi connectivity index (χ2n) is 16.6. The minimum absolute atomic E-state index is 0.0262. The highest BCUT2D eigenvalue weighted by Crippen LogP contribution is 2.65. The average Bonchev–Trinajstić information content (AvgIpc) is 3.65. The molecule has 7 nitrogen and oxygen atoms in total. The highest BCUT2D eigenvalue weighted by molar-refractivity contribution is 5.68. The first kappa shape index (κ1) is 34.1. The van der Waals surface area contributed by atoms with Gasteiger partial charge >= 0.3 is 6.09 Å². The number of hydrogen-bond donors (Lipinski definition) is 1. The number of piperidine rings is 1. The Hall–Kier alpha value is -2.97. The molecule has 8 rings (SSSR count). The van der Waals surface area contributed by atoms with Gasteiger partial charge in [-0.05, 0) is 104 Å². The van der Waals surface area contributed by atoms with E-state index < -0.39 is 6.48 Å². The summed E-state index contributed by atoms with van der Waals surface area (Å²) in [6.07, 6.45) is 10.6. The number of nitrogens with zero attached hydrogens (tertiary/aromatic N) is 1. The summed E-state index contributed by atoms with van der Waals surface area (Å²) in [5, 5.41) is 10.6. The monoisotopic (exact) mass is 681 g/mol. The number of benzene rings is 2. The van der Waals surface area contributed by atoms with Crippen LogP contribution in [0.15, 0.2) is 83.5 Å². The van der Waals surface area contributed by atoms with Crippen molar-refractivity contribution < 1.29 is 28.8 Å². The molecule has 0 radical (unpaired) electrons. The van der Waals surface area contributed by atoms with Gasteiger partial charge in [0.15, 0.2) is 0 Å². The number of likely N-dealkylation sites (tertiary alicyclic amines) is 1. The normalized spacial score (nSPS) is 38.2. The summed E-state index contributed by atoms with van der Waals surface area (Å²) in [6.45, 7) is 9.56. The summed E-state index contributed by atoms with van der Waals surface area (Å²) in [5.74, 6) is 2.43. The molecule has 2 aromatic carbocycles. The number of hydrogen-bond acceptors (Lipinski definition) is 6. The van der Waals surface area contributed by atoms with E-state index in [0.29, 0.717) is 43.4 Å². The summed E-state index contributed by atoms with van der Waals surface area (Å²) < 4.78 is 24.9. The van der Waals surface area contributed by atoms with Gasteiger partial charge in [0.05, 0.1) is 30.5 Å². The van der Waals surface area contributed by atoms with Crippen LogP contribution in [-0.4, -0.2) is 53.0 Å². The lowest BCUT2D eigenvalue weighted by Gasteiger charge is -2.49. The quantitative estimate of drug-likeness (QED) is 0.233. The maximum atomic E-state index is 13.7. The molecule has 1 unspecified atom stereocenters. The summed E-state index contributed by atoms with van der Waals surface area (Å²) in [7, 11) is 0. The number of amides is 1. The fourth-order valence-electron chi connectivity index (χ4n) is 11.4. The van der Waals surface area contributed by atoms with Crippen molar-refractivity contribution in [3.8, 4) is 0 Å². The Bertz CT molecular complexity index is 1610. The standard InChI is InChI=1S/C43H55NO6/c1-27-21-38-39(44(24-27)40(45)47-25-30-11-7-5-8-12-30)29(3)43(50-38)20-18-34-35-16-15-32-22-33(49-41(46)48-26-31-13-9-6-10-14-31)17-19-42(32,4)37(35)23-36(34)28(43)2/h5-15,27,29,33-35,37-39,41,46H,16-26H2,1-4H3/t27-,29+,33-,34-,35-,37-,38+,39-,41?,42-,43-/m0/s1. The van der Waals surface area contributed by atoms with E-state index in [1.807, 2.05) is 65.6 Å². The zero-order valence-electron chi connectivity index (χ0n) is 30.3. The number of aliphatic hydroxyl groups excluding tert-OH is 1. The molecule has 4 fully saturated rings. The lowest BCUT2D eigenvalue weighted by molar-refractivity contribution is -0.289. The minimum Gasteiger partial charge on any atom is -0.445 e. The first-order valence-electron chi connectivity index (χ1n) is 19.2. The van der Waals surface area contributed by atoms with Crippen LogP contribution in [0.25, 0.3) is 0 Å². The number of rotatable bonds is 7. The Morgan fingerprint density at radius 1 is 1.00 bits per heavy atom. The zero-order chi connectivity index (χ0) is 34.6. The lowest BCUT2D eigenvalue weighted by Crippen LogP contribution is -2.54. The van der Waals surface area contributed by atoms with Crippen molar-refractivity contribution in [3.63, 3.8) is 0 Å². The number of ether oxygens (including phenoxy) is 4. The molecular formula is C43H55NO6. The van der Waals surface area contributed by atoms with Crippen LogP contribution in [0.3, 0.4) is 0 Å². The molecule has 7 heteroatoms. The van der Waals surface area contributed by atoms with Crippen molar-refractivity contribution in [1.82, 2.24) is 4.90 Å². The van der Waals surface area contributed by atoms with Crippen LogP contribution in [0.2, 0.25) is 0 Å². The number of carbonyl (C=O) groups is 1. The van der Waals surface area contributed by atoms with Crippen molar-refractivity contribution in [2.75, 3.05) is 6.54 Å². The highest BCUT2D eigenvalue weighted by atomic mass is 16.8. The second-order valence-corrected chi connectivity index (χ2v) is 16.6. The lowest BCUT2D eigenvalue weighted by atomic mass is 9.56. The molecule has 50 heavy (non-hydrogen) atoms. The van der Waals surface area contributed by atoms with E-state index in [9.17, 15) is 9.90 Å². The SMILES string of the molecule is CC1=C2C[C@H]3[C@@H](CC=C4C[C@@H](OC(O)OCc5ccccc5)CC[C@@]43C)[C@@H]2CC[C@]12O[C@@H]1C[C@H](C)CN(C(=O)OCc3ccccc3)[C@H]1[C@H]2C. The molecule has 0 bridgehead atoms. The van der Waals surface area contributed by atoms with Crippen molar-refractivity contribution in [2.45, 2.75) is 123 Å². The van der Waals surface area contributed by atoms with Crippen LogP contribution < -0.4 is 0 Å². The van der Waals surface area contributed by atoms with Gasteiger partial charge in [0.1, 0.15) is 6.61 Å². The Morgan fingerprint density at radius 3 is 2.46 bits per heavy atom. The molecule has 11 atom stereocenters. The van der Waals surface area contributed by atoms with Gasteiger partial charge in [0, 0.05) is 12.5 Å². The van der Waals surface area contributed by atoms with Crippen molar-refractivity contribution in [2.24, 2.45) is 35.0 Å². The van der Waals surface area contributed by atoms with Crippen LogP contribution in [0.5, 0.6) is 0 Å². The van der Waals surface area contributed by atoms with Crippen molar-refractivity contribution in [3.05, 3.63) is 94.6 Å². The number of fused-ring (bicyclic) bond motifs is 6. The third kappa shape index (κ3) is 5.96. The third-order valence-corrected chi connectivity index (χ3v) is 14.0. The highest BCUT2D eigenvalue weighted by Gasteiger charge is 2.62. The summed E-state index contributed by atoms with van der Waals surface area (Å²) >= 11 is 0. The van der Waals surface area contributed by atoms with Gasteiger partial charge in [-0.25, -0.2) is 4.79 Å². The molecule has 2 aliphatic heterocycles. The van der Waals surface area contributed by atoms with E-state index in [1.54, 1.807) is 5.57 Å². The fraction of sp³-hybridized carbons (Fsp3) is 0.605. The Kier molecular flexibility index (Phi) is 9.24. The molecule has 2 saturated heterocycles. The van der Waals surface area contributed by atoms with E-state index in [4.69, 9.17) is 18.9 Å². The maximum Gasteiger partial charge on any atom is 0.410 e. The molecular weight excluding hydrogens is 626 g/mol. The molecule has 268 valence electrons. The summed E-state index contributed by atoms with van der Waals surface area (Å²) in [6, 6.07) is 19.9. The maximum absolute atomic E-state index is 13.7. The molecule has 6 aliphatic rings. The molecule has 0 aromatic heterocycles. The van der Waals surface area contributed by atoms with E-state index in [0.717, 1.165) is 62.5 Å². The molecule has 1 amide bonds. The molecule has 2 saturated carbocycles. The van der Waals surface area contributed by atoms with E-state index in [2.05, 4.69) is 33.8 Å². The topological polar surface area (TPSA) is 77.5 Å². The predicted molar refractivity (Wildman–Crippen MR) is 191 cm³/mol. The van der Waals surface area contributed by atoms with Crippen molar-refractivity contribution >= 4 is 6.09 Å². The first-order valence-corrected chi connectivity index (χ1v) is 19.2. The zero-order valence-corrected chi connectivity index (χ0v) is 30.3. The Balaban J connectivity index is 0.956. The third-order valence-electron chi connectivity index (χ3n) is 14.0. The second kappa shape index (κ2) is 13.5. The van der Waals surface area contributed by atoms with E-state index in [-0.39, 0.29) is 41.3 Å². The van der Waals surface area contributed by atoms with Crippen LogP contribution >= 0.6 is 0 Å². The number of aliphatic hydroxyl groups is 1. The number of allylic oxidation sites excluding steroid dienone is 2. The molecule has 2 aromatic rings. The molecule has 1 N–H and O–H groups in total. The van der Waals surface area contributed by atoms with Gasteiger partial charge in [-0.2, -0.15) is 0 Å². The Morgan fingerprint density at radius 2 is 1.72 bits per heavy atom. The Labute approximate surface area is 298 Å². The van der Waals surface area contributed by atoms with Crippen molar-refractivity contribution in [1.29, 1.82) is 0 Å².